The molecule has 218 valence electrons. The monoisotopic (exact) mass is 579 g/mol. The van der Waals surface area contributed by atoms with E-state index >= 15 is 0 Å². The van der Waals surface area contributed by atoms with Gasteiger partial charge in [-0.25, -0.2) is 14.6 Å². The highest BCUT2D eigenvalue weighted by molar-refractivity contribution is 7.13. The number of nitrogens with zero attached hydrogens (tertiary/aromatic N) is 3. The summed E-state index contributed by atoms with van der Waals surface area (Å²) in [4.78, 5) is 46.7. The summed E-state index contributed by atoms with van der Waals surface area (Å²) in [6, 6.07) is 17.9. The van der Waals surface area contributed by atoms with Gasteiger partial charge in [-0.15, -0.1) is 11.3 Å². The van der Waals surface area contributed by atoms with E-state index in [4.69, 9.17) is 9.47 Å². The van der Waals surface area contributed by atoms with Crippen molar-refractivity contribution in [2.45, 2.75) is 45.4 Å². The number of benzene rings is 2. The SMILES string of the molecule is CC(C)(C)OC(=O)N[C@@H](C(=O)N1CCN(CCc2csc(NC(=O)OCc3ccccc3)n2)CC1)c1ccccc1. The normalized spacial score (nSPS) is 14.7. The Labute approximate surface area is 244 Å². The molecule has 2 aromatic carbocycles. The van der Waals surface area contributed by atoms with Crippen LogP contribution in [0.1, 0.15) is 43.6 Å². The number of anilines is 1. The first-order valence-electron chi connectivity index (χ1n) is 13.6. The Balaban J connectivity index is 1.23. The smallest absolute Gasteiger partial charge is 0.413 e. The Morgan fingerprint density at radius 1 is 0.951 bits per heavy atom. The predicted octanol–water partition coefficient (Wildman–Crippen LogP) is 4.84. The van der Waals surface area contributed by atoms with Gasteiger partial charge in [-0.3, -0.25) is 15.0 Å². The molecule has 1 aromatic heterocycles. The zero-order chi connectivity index (χ0) is 29.2. The molecule has 2 N–H and O–H groups in total. The van der Waals surface area contributed by atoms with Crippen LogP contribution in [0.4, 0.5) is 14.7 Å². The summed E-state index contributed by atoms with van der Waals surface area (Å²) in [5, 5.41) is 7.88. The molecule has 41 heavy (non-hydrogen) atoms. The van der Waals surface area contributed by atoms with Crippen molar-refractivity contribution in [2.24, 2.45) is 0 Å². The van der Waals surface area contributed by atoms with E-state index in [2.05, 4.69) is 20.5 Å². The second-order valence-corrected chi connectivity index (χ2v) is 11.6. The second-order valence-electron chi connectivity index (χ2n) is 10.7. The van der Waals surface area contributed by atoms with E-state index in [1.807, 2.05) is 66.0 Å². The quantitative estimate of drug-likeness (QED) is 0.373. The number of thiazole rings is 1. The van der Waals surface area contributed by atoms with Crippen LogP contribution in [0.3, 0.4) is 0 Å². The standard InChI is InChI=1S/C30H37N5O5S/c1-30(2,3)40-29(38)32-25(23-12-8-5-9-13-23)26(36)35-18-16-34(17-19-35)15-14-24-21-41-27(31-24)33-28(37)39-20-22-10-6-4-7-11-22/h4-13,21,25H,14-20H2,1-3H3,(H,32,38)(H,31,33,37)/t25-/m1/s1. The van der Waals surface area contributed by atoms with Crippen LogP contribution in [0.25, 0.3) is 0 Å². The Kier molecular flexibility index (Phi) is 10.3. The number of alkyl carbamates (subject to hydrolysis) is 1. The lowest BCUT2D eigenvalue weighted by Crippen LogP contribution is -2.52. The first kappa shape index (κ1) is 30.0. The largest absolute Gasteiger partial charge is 0.444 e. The number of nitrogens with one attached hydrogen (secondary N) is 2. The lowest BCUT2D eigenvalue weighted by molar-refractivity contribution is -0.135. The summed E-state index contributed by atoms with van der Waals surface area (Å²) in [5.74, 6) is -0.156. The third-order valence-corrected chi connectivity index (χ3v) is 7.19. The molecule has 2 heterocycles. The molecule has 10 nitrogen and oxygen atoms in total. The van der Waals surface area contributed by atoms with Crippen molar-refractivity contribution in [3.63, 3.8) is 0 Å². The molecule has 3 amide bonds. The van der Waals surface area contributed by atoms with Crippen LogP contribution < -0.4 is 10.6 Å². The second kappa shape index (κ2) is 14.1. The van der Waals surface area contributed by atoms with E-state index in [0.717, 1.165) is 24.2 Å². The molecular weight excluding hydrogens is 542 g/mol. The molecule has 0 unspecified atom stereocenters. The highest BCUT2D eigenvalue weighted by Crippen LogP contribution is 2.20. The number of amides is 3. The molecule has 0 bridgehead atoms. The van der Waals surface area contributed by atoms with E-state index in [0.29, 0.717) is 36.9 Å². The molecule has 1 aliphatic heterocycles. The number of hydrogen-bond donors (Lipinski definition) is 2. The molecule has 0 radical (unpaired) electrons. The Bertz CT molecular complexity index is 1290. The molecule has 1 saturated heterocycles. The number of hydrogen-bond acceptors (Lipinski definition) is 8. The topological polar surface area (TPSA) is 113 Å². The Morgan fingerprint density at radius 3 is 2.27 bits per heavy atom. The number of carbonyl (C=O) groups excluding carboxylic acids is 3. The Hall–Kier alpha value is -3.96. The molecular formula is C30H37N5O5S. The number of piperazine rings is 1. The van der Waals surface area contributed by atoms with E-state index in [9.17, 15) is 14.4 Å². The van der Waals surface area contributed by atoms with Gasteiger partial charge in [0.15, 0.2) is 5.13 Å². The zero-order valence-corrected chi connectivity index (χ0v) is 24.5. The van der Waals surface area contributed by atoms with Gasteiger partial charge in [0.2, 0.25) is 5.91 Å². The summed E-state index contributed by atoms with van der Waals surface area (Å²) in [6.07, 6.45) is -0.441. The molecule has 11 heteroatoms. The van der Waals surface area contributed by atoms with E-state index in [1.54, 1.807) is 25.7 Å². The molecule has 1 aliphatic rings. The van der Waals surface area contributed by atoms with Gasteiger partial charge in [0.25, 0.3) is 0 Å². The van der Waals surface area contributed by atoms with E-state index < -0.39 is 23.8 Å². The predicted molar refractivity (Wildman–Crippen MR) is 158 cm³/mol. The minimum Gasteiger partial charge on any atom is -0.444 e. The fourth-order valence-corrected chi connectivity index (χ4v) is 5.06. The minimum absolute atomic E-state index is 0.156. The molecule has 1 fully saturated rings. The van der Waals surface area contributed by atoms with Crippen LogP contribution in [-0.2, 0) is 27.3 Å². The molecule has 0 saturated carbocycles. The van der Waals surface area contributed by atoms with Crippen LogP contribution in [0.15, 0.2) is 66.0 Å². The minimum atomic E-state index is -0.821. The summed E-state index contributed by atoms with van der Waals surface area (Å²) >= 11 is 1.36. The summed E-state index contributed by atoms with van der Waals surface area (Å²) in [7, 11) is 0. The van der Waals surface area contributed by atoms with Crippen molar-refractivity contribution in [1.82, 2.24) is 20.1 Å². The fourth-order valence-electron chi connectivity index (χ4n) is 4.33. The van der Waals surface area contributed by atoms with Gasteiger partial charge in [-0.05, 0) is 31.9 Å². The molecule has 4 rings (SSSR count). The van der Waals surface area contributed by atoms with Crippen LogP contribution in [0, 0.1) is 0 Å². The van der Waals surface area contributed by atoms with Gasteiger partial charge in [-0.1, -0.05) is 60.7 Å². The van der Waals surface area contributed by atoms with Crippen molar-refractivity contribution >= 4 is 34.6 Å². The average Bonchev–Trinajstić information content (AvgIpc) is 3.41. The lowest BCUT2D eigenvalue weighted by Gasteiger charge is -2.36. The van der Waals surface area contributed by atoms with Crippen molar-refractivity contribution < 1.29 is 23.9 Å². The van der Waals surface area contributed by atoms with E-state index in [1.165, 1.54) is 11.3 Å². The van der Waals surface area contributed by atoms with Crippen LogP contribution >= 0.6 is 11.3 Å². The number of ether oxygens (including phenoxy) is 2. The molecule has 1 atom stereocenters. The van der Waals surface area contributed by atoms with Gasteiger partial charge in [-0.2, -0.15) is 0 Å². The zero-order valence-electron chi connectivity index (χ0n) is 23.7. The molecule has 0 spiro atoms. The van der Waals surface area contributed by atoms with Gasteiger partial charge in [0.05, 0.1) is 5.69 Å². The van der Waals surface area contributed by atoms with Crippen molar-refractivity contribution in [2.75, 3.05) is 38.0 Å². The number of aromatic nitrogens is 1. The third-order valence-electron chi connectivity index (χ3n) is 6.38. The van der Waals surface area contributed by atoms with Crippen molar-refractivity contribution in [3.05, 3.63) is 82.9 Å². The van der Waals surface area contributed by atoms with Gasteiger partial charge < -0.3 is 19.7 Å². The first-order valence-corrected chi connectivity index (χ1v) is 14.5. The first-order chi connectivity index (χ1) is 19.7. The molecule has 3 aromatic rings. The molecule has 0 aliphatic carbocycles. The van der Waals surface area contributed by atoms with Crippen molar-refractivity contribution in [1.29, 1.82) is 0 Å². The summed E-state index contributed by atoms with van der Waals surface area (Å²) < 4.78 is 10.7. The van der Waals surface area contributed by atoms with Gasteiger partial charge in [0.1, 0.15) is 18.2 Å². The maximum Gasteiger partial charge on any atom is 0.413 e. The summed E-state index contributed by atoms with van der Waals surface area (Å²) in [5.41, 5.74) is 1.85. The average molecular weight is 580 g/mol. The number of carbonyl (C=O) groups is 3. The maximum absolute atomic E-state index is 13.5. The summed E-state index contributed by atoms with van der Waals surface area (Å²) in [6.45, 7) is 8.86. The maximum atomic E-state index is 13.5. The fraction of sp³-hybridized carbons (Fsp3) is 0.400. The Morgan fingerprint density at radius 2 is 1.61 bits per heavy atom. The van der Waals surface area contributed by atoms with Crippen LogP contribution in [0.2, 0.25) is 0 Å². The van der Waals surface area contributed by atoms with Crippen molar-refractivity contribution in [3.8, 4) is 0 Å². The highest BCUT2D eigenvalue weighted by Gasteiger charge is 2.31. The number of rotatable bonds is 9. The lowest BCUT2D eigenvalue weighted by atomic mass is 10.1. The van der Waals surface area contributed by atoms with E-state index in [-0.39, 0.29) is 12.5 Å². The van der Waals surface area contributed by atoms with Gasteiger partial charge in [0, 0.05) is 44.5 Å². The van der Waals surface area contributed by atoms with Crippen LogP contribution in [0.5, 0.6) is 0 Å². The van der Waals surface area contributed by atoms with Gasteiger partial charge >= 0.3 is 12.2 Å². The third kappa shape index (κ3) is 9.58. The highest BCUT2D eigenvalue weighted by atomic mass is 32.1. The van der Waals surface area contributed by atoms with Crippen LogP contribution in [-0.4, -0.2) is 71.2 Å².